The number of hydrogen-bond acceptors (Lipinski definition) is 7. The molecule has 0 radical (unpaired) electrons. The molecule has 36 heavy (non-hydrogen) atoms. The van der Waals surface area contributed by atoms with Crippen LogP contribution in [0.2, 0.25) is 5.02 Å². The van der Waals surface area contributed by atoms with Gasteiger partial charge in [0.25, 0.3) is 0 Å². The molecule has 1 saturated heterocycles. The van der Waals surface area contributed by atoms with Crippen LogP contribution in [0.15, 0.2) is 48.8 Å². The Bertz CT molecular complexity index is 1390. The van der Waals surface area contributed by atoms with Crippen LogP contribution >= 0.6 is 11.6 Å². The molecule has 0 amide bonds. The molecule has 2 aromatic carbocycles. The summed E-state index contributed by atoms with van der Waals surface area (Å²) in [6.07, 6.45) is 2.53. The Morgan fingerprint density at radius 2 is 1.97 bits per heavy atom. The molecule has 4 aromatic rings. The number of carbonyl (C=O) groups excluding carboxylic acids is 1. The fourth-order valence-electron chi connectivity index (χ4n) is 5.25. The molecule has 5 N–H and O–H groups in total. The van der Waals surface area contributed by atoms with E-state index in [2.05, 4.69) is 44.7 Å². The van der Waals surface area contributed by atoms with Crippen molar-refractivity contribution >= 4 is 45.5 Å². The van der Waals surface area contributed by atoms with E-state index < -0.39 is 0 Å². The van der Waals surface area contributed by atoms with Crippen LogP contribution in [0.25, 0.3) is 21.8 Å². The zero-order valence-electron chi connectivity index (χ0n) is 20.6. The van der Waals surface area contributed by atoms with Crippen molar-refractivity contribution in [3.63, 3.8) is 0 Å². The summed E-state index contributed by atoms with van der Waals surface area (Å²) >= 11 is 6.17. The van der Waals surface area contributed by atoms with Crippen LogP contribution in [0, 0.1) is 5.92 Å². The Morgan fingerprint density at radius 1 is 1.14 bits per heavy atom. The van der Waals surface area contributed by atoms with E-state index in [4.69, 9.17) is 23.1 Å². The molecule has 2 unspecified atom stereocenters. The second-order valence-electron chi connectivity index (χ2n) is 10.1. The molecular formula is C27H32ClN7O. The number of anilines is 1. The summed E-state index contributed by atoms with van der Waals surface area (Å²) in [5.41, 5.74) is 16.8. The first kappa shape index (κ1) is 24.6. The summed E-state index contributed by atoms with van der Waals surface area (Å²) in [4.78, 5) is 28.9. The van der Waals surface area contributed by atoms with Gasteiger partial charge in [-0.05, 0) is 47.9 Å². The summed E-state index contributed by atoms with van der Waals surface area (Å²) in [7, 11) is 0. The van der Waals surface area contributed by atoms with Crippen LogP contribution in [0.4, 0.5) is 5.82 Å². The molecule has 1 fully saturated rings. The first-order valence-corrected chi connectivity index (χ1v) is 12.7. The predicted molar refractivity (Wildman–Crippen MR) is 145 cm³/mol. The minimum absolute atomic E-state index is 0.0129. The van der Waals surface area contributed by atoms with E-state index in [0.29, 0.717) is 30.5 Å². The number of nitrogens with two attached hydrogens (primary N) is 2. The van der Waals surface area contributed by atoms with E-state index in [1.54, 1.807) is 0 Å². The lowest BCUT2D eigenvalue weighted by Gasteiger charge is -2.48. The Labute approximate surface area is 215 Å². The minimum atomic E-state index is -0.279. The van der Waals surface area contributed by atoms with Gasteiger partial charge in [-0.3, -0.25) is 9.80 Å². The zero-order chi connectivity index (χ0) is 25.4. The fourth-order valence-corrected chi connectivity index (χ4v) is 5.43. The Balaban J connectivity index is 1.40. The average molecular weight is 506 g/mol. The molecular weight excluding hydrogens is 474 g/mol. The van der Waals surface area contributed by atoms with Crippen LogP contribution in [-0.2, 0) is 17.9 Å². The van der Waals surface area contributed by atoms with Crippen LogP contribution in [0.1, 0.15) is 25.1 Å². The number of aldehydes is 1. The third-order valence-corrected chi connectivity index (χ3v) is 7.48. The second-order valence-corrected chi connectivity index (χ2v) is 10.5. The number of nitrogens with one attached hydrogen (secondary N) is 1. The van der Waals surface area contributed by atoms with E-state index in [1.165, 1.54) is 6.33 Å². The first-order valence-electron chi connectivity index (χ1n) is 12.3. The number of piperazine rings is 1. The Morgan fingerprint density at radius 3 is 2.75 bits per heavy atom. The molecule has 0 aliphatic carbocycles. The molecule has 3 heterocycles. The van der Waals surface area contributed by atoms with Gasteiger partial charge in [-0.2, -0.15) is 0 Å². The van der Waals surface area contributed by atoms with Gasteiger partial charge in [-0.1, -0.05) is 31.5 Å². The number of hydrogen-bond donors (Lipinski definition) is 3. The second kappa shape index (κ2) is 10.1. The maximum atomic E-state index is 12.4. The standard InChI is InChI=1S/C27H32ClN7O/c1-16(2)26(29)25-13-34(11-20-9-18-8-19(28)4-6-23(18)33-20)12-21(14-36)35(25)10-17-3-5-22-24(7-17)31-15-32-27(22)30/h3-9,14-16,21,25-26,33H,10-13,29H2,1-2H3,(H2,30,31,32)/t21?,25-,26?/m0/s1. The maximum absolute atomic E-state index is 12.4. The summed E-state index contributed by atoms with van der Waals surface area (Å²) in [5, 5.41) is 2.63. The third-order valence-electron chi connectivity index (χ3n) is 7.24. The molecule has 1 aliphatic rings. The number of aromatic nitrogens is 3. The highest BCUT2D eigenvalue weighted by molar-refractivity contribution is 6.31. The van der Waals surface area contributed by atoms with E-state index in [-0.39, 0.29) is 24.0 Å². The topological polar surface area (TPSA) is 117 Å². The van der Waals surface area contributed by atoms with Crippen molar-refractivity contribution in [1.29, 1.82) is 0 Å². The molecule has 0 saturated carbocycles. The molecule has 5 rings (SSSR count). The lowest BCUT2D eigenvalue weighted by Crippen LogP contribution is -2.64. The van der Waals surface area contributed by atoms with Crippen LogP contribution in [0.5, 0.6) is 0 Å². The van der Waals surface area contributed by atoms with Gasteiger partial charge >= 0.3 is 0 Å². The number of aromatic amines is 1. The molecule has 0 bridgehead atoms. The van der Waals surface area contributed by atoms with Gasteiger partial charge in [-0.25, -0.2) is 9.97 Å². The molecule has 188 valence electrons. The normalized spacial score (nSPS) is 20.4. The lowest BCUT2D eigenvalue weighted by atomic mass is 9.91. The number of rotatable bonds is 7. The first-order chi connectivity index (χ1) is 17.3. The van der Waals surface area contributed by atoms with Gasteiger partial charge in [0.2, 0.25) is 0 Å². The SMILES string of the molecule is CC(C)C(N)[C@@H]1CN(Cc2cc3cc(Cl)ccc3[nH]2)CC(C=O)N1Cc1ccc2c(N)ncnc2c1. The molecule has 8 nitrogen and oxygen atoms in total. The summed E-state index contributed by atoms with van der Waals surface area (Å²) in [6.45, 7) is 6.97. The number of halogens is 1. The monoisotopic (exact) mass is 505 g/mol. The average Bonchev–Trinajstić information content (AvgIpc) is 3.25. The van der Waals surface area contributed by atoms with Gasteiger partial charge in [-0.15, -0.1) is 0 Å². The summed E-state index contributed by atoms with van der Waals surface area (Å²) in [6, 6.07) is 13.6. The number of nitrogen functional groups attached to an aromatic ring is 1. The zero-order valence-corrected chi connectivity index (χ0v) is 21.3. The van der Waals surface area contributed by atoms with Gasteiger partial charge in [0, 0.05) is 65.3 Å². The number of carbonyl (C=O) groups is 1. The van der Waals surface area contributed by atoms with Crippen molar-refractivity contribution in [1.82, 2.24) is 24.8 Å². The fraction of sp³-hybridized carbons (Fsp3) is 0.370. The van der Waals surface area contributed by atoms with Crippen molar-refractivity contribution in [2.24, 2.45) is 11.7 Å². The molecule has 3 atom stereocenters. The van der Waals surface area contributed by atoms with Crippen LogP contribution < -0.4 is 11.5 Å². The van der Waals surface area contributed by atoms with Crippen LogP contribution in [-0.4, -0.2) is 62.3 Å². The highest BCUT2D eigenvalue weighted by Gasteiger charge is 2.38. The van der Waals surface area contributed by atoms with Crippen molar-refractivity contribution in [3.05, 3.63) is 65.1 Å². The minimum Gasteiger partial charge on any atom is -0.383 e. The largest absolute Gasteiger partial charge is 0.383 e. The molecule has 1 aliphatic heterocycles. The highest BCUT2D eigenvalue weighted by atomic mass is 35.5. The van der Waals surface area contributed by atoms with Gasteiger partial charge in [0.1, 0.15) is 18.4 Å². The predicted octanol–water partition coefficient (Wildman–Crippen LogP) is 3.58. The van der Waals surface area contributed by atoms with Gasteiger partial charge < -0.3 is 21.2 Å². The number of nitrogens with zero attached hydrogens (tertiary/aromatic N) is 4. The van der Waals surface area contributed by atoms with Gasteiger partial charge in [0.05, 0.1) is 11.6 Å². The Kier molecular flexibility index (Phi) is 6.94. The van der Waals surface area contributed by atoms with Crippen LogP contribution in [0.3, 0.4) is 0 Å². The summed E-state index contributed by atoms with van der Waals surface area (Å²) in [5.74, 6) is 0.731. The smallest absolute Gasteiger partial charge is 0.138 e. The Hall–Kier alpha value is -3.04. The van der Waals surface area contributed by atoms with E-state index in [9.17, 15) is 4.79 Å². The van der Waals surface area contributed by atoms with Gasteiger partial charge in [0.15, 0.2) is 0 Å². The third kappa shape index (κ3) is 4.95. The maximum Gasteiger partial charge on any atom is 0.138 e. The van der Waals surface area contributed by atoms with Crippen molar-refractivity contribution in [3.8, 4) is 0 Å². The van der Waals surface area contributed by atoms with Crippen molar-refractivity contribution in [2.75, 3.05) is 18.8 Å². The molecule has 2 aromatic heterocycles. The number of fused-ring (bicyclic) bond motifs is 2. The summed E-state index contributed by atoms with van der Waals surface area (Å²) < 4.78 is 0. The highest BCUT2D eigenvalue weighted by Crippen LogP contribution is 2.27. The molecule has 9 heteroatoms. The lowest BCUT2D eigenvalue weighted by molar-refractivity contribution is -0.118. The molecule has 0 spiro atoms. The van der Waals surface area contributed by atoms with Crippen molar-refractivity contribution < 1.29 is 4.79 Å². The number of benzene rings is 2. The van der Waals surface area contributed by atoms with Crippen molar-refractivity contribution in [2.45, 2.75) is 45.1 Å². The van der Waals surface area contributed by atoms with E-state index in [1.807, 2.05) is 36.4 Å². The number of H-pyrrole nitrogens is 1. The quantitative estimate of drug-likeness (QED) is 0.328. The van der Waals surface area contributed by atoms with E-state index in [0.717, 1.165) is 45.9 Å². The van der Waals surface area contributed by atoms with E-state index >= 15 is 0 Å².